The summed E-state index contributed by atoms with van der Waals surface area (Å²) in [5, 5.41) is 9.92. The Balaban J connectivity index is 1.57. The van der Waals surface area contributed by atoms with E-state index in [-0.39, 0.29) is 6.10 Å². The van der Waals surface area contributed by atoms with Gasteiger partial charge in [-0.15, -0.1) is 0 Å². The lowest BCUT2D eigenvalue weighted by Crippen LogP contribution is -2.42. The fourth-order valence-corrected chi connectivity index (χ4v) is 2.61. The van der Waals surface area contributed by atoms with Gasteiger partial charge in [-0.05, 0) is 12.8 Å². The molecule has 0 amide bonds. The summed E-state index contributed by atoms with van der Waals surface area (Å²) in [7, 11) is 0. The third-order valence-electron chi connectivity index (χ3n) is 3.65. The molecule has 0 spiro atoms. The van der Waals surface area contributed by atoms with Gasteiger partial charge in [0.25, 0.3) is 0 Å². The minimum absolute atomic E-state index is 0.352. The number of aliphatic hydroxyl groups is 1. The molecule has 0 aromatic rings. The molecule has 0 bridgehead atoms. The van der Waals surface area contributed by atoms with Gasteiger partial charge in [-0.2, -0.15) is 0 Å². The number of hydrogen-bond donors (Lipinski definition) is 1. The van der Waals surface area contributed by atoms with Crippen LogP contribution in [0.4, 0.5) is 0 Å². The molecule has 0 aromatic heterocycles. The highest BCUT2D eigenvalue weighted by Gasteiger charge is 2.18. The third kappa shape index (κ3) is 4.92. The maximum absolute atomic E-state index is 9.92. The number of nitrogens with zero attached hydrogens (tertiary/aromatic N) is 1. The summed E-state index contributed by atoms with van der Waals surface area (Å²) in [6.07, 6.45) is 6.29. The summed E-state index contributed by atoms with van der Waals surface area (Å²) in [4.78, 5) is 2.25. The largest absolute Gasteiger partial charge is 0.389 e. The van der Waals surface area contributed by atoms with Crippen LogP contribution in [-0.4, -0.2) is 61.7 Å². The molecule has 2 aliphatic rings. The fourth-order valence-electron chi connectivity index (χ4n) is 2.61. The van der Waals surface area contributed by atoms with E-state index in [4.69, 9.17) is 9.47 Å². The number of rotatable bonds is 5. The highest BCUT2D eigenvalue weighted by atomic mass is 16.5. The van der Waals surface area contributed by atoms with Gasteiger partial charge in [0.15, 0.2) is 0 Å². The first-order valence-electron chi connectivity index (χ1n) is 6.94. The van der Waals surface area contributed by atoms with Gasteiger partial charge in [0.2, 0.25) is 0 Å². The average Bonchev–Trinajstić information content (AvgIpc) is 2.39. The molecule has 1 atom stereocenters. The molecule has 0 aromatic carbocycles. The Labute approximate surface area is 104 Å². The van der Waals surface area contributed by atoms with Crippen molar-refractivity contribution in [1.29, 1.82) is 0 Å². The second kappa shape index (κ2) is 7.31. The maximum atomic E-state index is 9.92. The Hall–Kier alpha value is -0.160. The van der Waals surface area contributed by atoms with Gasteiger partial charge in [0.1, 0.15) is 0 Å². The highest BCUT2D eigenvalue weighted by Crippen LogP contribution is 2.20. The Morgan fingerprint density at radius 2 is 1.88 bits per heavy atom. The number of hydrogen-bond acceptors (Lipinski definition) is 4. The van der Waals surface area contributed by atoms with Gasteiger partial charge in [-0.25, -0.2) is 0 Å². The van der Waals surface area contributed by atoms with Crippen LogP contribution in [0.2, 0.25) is 0 Å². The molecule has 1 aliphatic heterocycles. The predicted molar refractivity (Wildman–Crippen MR) is 66.1 cm³/mol. The lowest BCUT2D eigenvalue weighted by molar-refractivity contribution is -0.0446. The van der Waals surface area contributed by atoms with Gasteiger partial charge in [-0.3, -0.25) is 4.90 Å². The van der Waals surface area contributed by atoms with Crippen molar-refractivity contribution in [3.05, 3.63) is 0 Å². The predicted octanol–water partition coefficient (Wildman–Crippen LogP) is 1.03. The fraction of sp³-hybridized carbons (Fsp3) is 1.00. The van der Waals surface area contributed by atoms with Crippen LogP contribution in [0.25, 0.3) is 0 Å². The van der Waals surface area contributed by atoms with Gasteiger partial charge >= 0.3 is 0 Å². The smallest absolute Gasteiger partial charge is 0.0900 e. The molecular formula is C13H25NO3. The van der Waals surface area contributed by atoms with Crippen molar-refractivity contribution in [2.75, 3.05) is 39.5 Å². The molecule has 100 valence electrons. The van der Waals surface area contributed by atoms with E-state index in [1.54, 1.807) is 0 Å². The molecule has 1 heterocycles. The molecule has 4 nitrogen and oxygen atoms in total. The van der Waals surface area contributed by atoms with Gasteiger partial charge in [0, 0.05) is 19.6 Å². The average molecular weight is 243 g/mol. The van der Waals surface area contributed by atoms with E-state index >= 15 is 0 Å². The molecule has 1 saturated heterocycles. The molecule has 1 unspecified atom stereocenters. The summed E-state index contributed by atoms with van der Waals surface area (Å²) in [5.41, 5.74) is 0. The Morgan fingerprint density at radius 1 is 1.18 bits per heavy atom. The maximum Gasteiger partial charge on any atom is 0.0900 e. The summed E-state index contributed by atoms with van der Waals surface area (Å²) < 4.78 is 11.1. The van der Waals surface area contributed by atoms with Crippen LogP contribution >= 0.6 is 0 Å². The topological polar surface area (TPSA) is 41.9 Å². The first kappa shape index (κ1) is 13.3. The monoisotopic (exact) mass is 243 g/mol. The summed E-state index contributed by atoms with van der Waals surface area (Å²) in [6.45, 7) is 4.64. The third-order valence-corrected chi connectivity index (χ3v) is 3.65. The van der Waals surface area contributed by atoms with E-state index < -0.39 is 0 Å². The van der Waals surface area contributed by atoms with Gasteiger partial charge in [-0.1, -0.05) is 19.3 Å². The quantitative estimate of drug-likeness (QED) is 0.783. The van der Waals surface area contributed by atoms with Gasteiger partial charge < -0.3 is 14.6 Å². The van der Waals surface area contributed by atoms with Gasteiger partial charge in [0.05, 0.1) is 32.0 Å². The number of aliphatic hydroxyl groups excluding tert-OH is 1. The zero-order valence-corrected chi connectivity index (χ0v) is 10.6. The molecule has 1 aliphatic carbocycles. The minimum atomic E-state index is -0.352. The van der Waals surface area contributed by atoms with Crippen molar-refractivity contribution in [3.8, 4) is 0 Å². The van der Waals surface area contributed by atoms with E-state index in [2.05, 4.69) is 4.90 Å². The normalized spacial score (nSPS) is 25.9. The zero-order chi connectivity index (χ0) is 11.9. The molecular weight excluding hydrogens is 218 g/mol. The Bertz CT molecular complexity index is 201. The van der Waals surface area contributed by atoms with Crippen LogP contribution in [0.1, 0.15) is 32.1 Å². The van der Waals surface area contributed by atoms with Crippen LogP contribution in [0.15, 0.2) is 0 Å². The van der Waals surface area contributed by atoms with Crippen molar-refractivity contribution in [1.82, 2.24) is 4.90 Å². The molecule has 4 heteroatoms. The van der Waals surface area contributed by atoms with Crippen molar-refractivity contribution in [2.24, 2.45) is 0 Å². The zero-order valence-electron chi connectivity index (χ0n) is 10.6. The SMILES string of the molecule is OC(COC1CCCCC1)CN1CCOCC1. The first-order chi connectivity index (χ1) is 8.34. The minimum Gasteiger partial charge on any atom is -0.389 e. The first-order valence-corrected chi connectivity index (χ1v) is 6.94. The van der Waals surface area contributed by atoms with E-state index in [0.29, 0.717) is 12.7 Å². The van der Waals surface area contributed by atoms with Crippen molar-refractivity contribution >= 4 is 0 Å². The van der Waals surface area contributed by atoms with Crippen LogP contribution in [-0.2, 0) is 9.47 Å². The van der Waals surface area contributed by atoms with Crippen LogP contribution in [0.3, 0.4) is 0 Å². The van der Waals surface area contributed by atoms with Crippen molar-refractivity contribution in [3.63, 3.8) is 0 Å². The second-order valence-electron chi connectivity index (χ2n) is 5.16. The number of β-amino-alcohol motifs (C(OH)–C–C–N with tert-alkyl or cyclic N) is 1. The summed E-state index contributed by atoms with van der Waals surface area (Å²) in [5.74, 6) is 0. The highest BCUT2D eigenvalue weighted by molar-refractivity contribution is 4.69. The van der Waals surface area contributed by atoms with Crippen LogP contribution < -0.4 is 0 Å². The van der Waals surface area contributed by atoms with E-state index in [1.807, 2.05) is 0 Å². The number of morpholine rings is 1. The van der Waals surface area contributed by atoms with Crippen molar-refractivity contribution in [2.45, 2.75) is 44.3 Å². The molecule has 1 saturated carbocycles. The van der Waals surface area contributed by atoms with E-state index in [9.17, 15) is 5.11 Å². The molecule has 0 radical (unpaired) electrons. The second-order valence-corrected chi connectivity index (χ2v) is 5.16. The summed E-state index contributed by atoms with van der Waals surface area (Å²) in [6, 6.07) is 0. The molecule has 17 heavy (non-hydrogen) atoms. The van der Waals surface area contributed by atoms with Crippen LogP contribution in [0.5, 0.6) is 0 Å². The summed E-state index contributed by atoms with van der Waals surface area (Å²) >= 11 is 0. The molecule has 1 N–H and O–H groups in total. The molecule has 2 rings (SSSR count). The Kier molecular flexibility index (Phi) is 5.71. The molecule has 2 fully saturated rings. The van der Waals surface area contributed by atoms with Crippen molar-refractivity contribution < 1.29 is 14.6 Å². The standard InChI is InChI=1S/C13H25NO3/c15-12(10-14-6-8-16-9-7-14)11-17-13-4-2-1-3-5-13/h12-13,15H,1-11H2. The number of ether oxygens (including phenoxy) is 2. The lowest BCUT2D eigenvalue weighted by Gasteiger charge is -2.29. The van der Waals surface area contributed by atoms with E-state index in [0.717, 1.165) is 32.8 Å². The lowest BCUT2D eigenvalue weighted by atomic mass is 9.98. The van der Waals surface area contributed by atoms with Crippen LogP contribution in [0, 0.1) is 0 Å². The van der Waals surface area contributed by atoms with E-state index in [1.165, 1.54) is 32.1 Å². The Morgan fingerprint density at radius 3 is 2.59 bits per heavy atom.